The molecule has 3 aromatic rings. The van der Waals surface area contributed by atoms with Crippen LogP contribution in [0.5, 0.6) is 11.5 Å². The van der Waals surface area contributed by atoms with Crippen LogP contribution in [0.1, 0.15) is 58.3 Å². The highest BCUT2D eigenvalue weighted by atomic mass is 19.1. The third kappa shape index (κ3) is 4.11. The van der Waals surface area contributed by atoms with Crippen molar-refractivity contribution in [1.82, 2.24) is 0 Å². The third-order valence-electron chi connectivity index (χ3n) is 7.18. The van der Waals surface area contributed by atoms with E-state index in [9.17, 15) is 0 Å². The summed E-state index contributed by atoms with van der Waals surface area (Å²) in [6, 6.07) is 6.74. The summed E-state index contributed by atoms with van der Waals surface area (Å²) in [7, 11) is 0. The highest BCUT2D eigenvalue weighted by molar-refractivity contribution is 6.06. The van der Waals surface area contributed by atoms with Crippen molar-refractivity contribution in [2.45, 2.75) is 58.3 Å². The van der Waals surface area contributed by atoms with Crippen LogP contribution in [-0.4, -0.2) is 13.2 Å². The summed E-state index contributed by atoms with van der Waals surface area (Å²) in [5.74, 6) is 0.914. The van der Waals surface area contributed by atoms with E-state index in [1.807, 2.05) is 0 Å². The van der Waals surface area contributed by atoms with E-state index in [1.54, 1.807) is 24.3 Å². The molecule has 0 unspecified atom stereocenters. The minimum absolute atomic E-state index is 0.0382. The molecule has 0 amide bonds. The minimum Gasteiger partial charge on any atom is -0.490 e. The second-order valence-corrected chi connectivity index (χ2v) is 9.51. The fourth-order valence-electron chi connectivity index (χ4n) is 5.11. The van der Waals surface area contributed by atoms with Crippen molar-refractivity contribution in [3.8, 4) is 11.5 Å². The topological polar surface area (TPSA) is 31.6 Å². The first-order valence-electron chi connectivity index (χ1n) is 11.7. The number of rotatable bonds is 6. The molecular formula is C26H30F2O3. The standard InChI is InChI=1S/C26H30F2O3/c1-16-6-8-18(9-7-16)15-30-22-13-11-20-19-10-12-21(29-14-17-4-2-3-5-17)23(27)25(19)31-26(20)24(22)28/h10-13,16-18H,2-9,14-15H2,1H3. The van der Waals surface area contributed by atoms with Gasteiger partial charge in [-0.3, -0.25) is 0 Å². The fourth-order valence-corrected chi connectivity index (χ4v) is 5.11. The predicted molar refractivity (Wildman–Crippen MR) is 118 cm³/mol. The number of benzene rings is 2. The van der Waals surface area contributed by atoms with Crippen LogP contribution in [-0.2, 0) is 0 Å². The molecule has 2 aliphatic carbocycles. The average Bonchev–Trinajstić information content (AvgIpc) is 3.43. The van der Waals surface area contributed by atoms with Gasteiger partial charge in [0.15, 0.2) is 22.7 Å². The molecule has 2 aliphatic rings. The van der Waals surface area contributed by atoms with Crippen molar-refractivity contribution in [2.24, 2.45) is 17.8 Å². The van der Waals surface area contributed by atoms with Gasteiger partial charge in [-0.2, -0.15) is 8.78 Å². The van der Waals surface area contributed by atoms with Crippen molar-refractivity contribution < 1.29 is 22.7 Å². The van der Waals surface area contributed by atoms with Crippen LogP contribution >= 0.6 is 0 Å². The number of ether oxygens (including phenoxy) is 2. The van der Waals surface area contributed by atoms with Gasteiger partial charge in [-0.15, -0.1) is 0 Å². The molecule has 166 valence electrons. The monoisotopic (exact) mass is 428 g/mol. The largest absolute Gasteiger partial charge is 0.490 e. The van der Waals surface area contributed by atoms with Gasteiger partial charge in [-0.05, 0) is 67.7 Å². The van der Waals surface area contributed by atoms with Crippen molar-refractivity contribution in [1.29, 1.82) is 0 Å². The number of fused-ring (bicyclic) bond motifs is 3. The molecule has 0 bridgehead atoms. The third-order valence-corrected chi connectivity index (χ3v) is 7.18. The molecule has 1 heterocycles. The van der Waals surface area contributed by atoms with E-state index < -0.39 is 11.6 Å². The molecule has 2 fully saturated rings. The molecule has 5 rings (SSSR count). The van der Waals surface area contributed by atoms with Gasteiger partial charge in [0.25, 0.3) is 0 Å². The van der Waals surface area contributed by atoms with Crippen LogP contribution in [0.4, 0.5) is 8.78 Å². The molecule has 0 aliphatic heterocycles. The van der Waals surface area contributed by atoms with Crippen molar-refractivity contribution in [3.05, 3.63) is 35.9 Å². The Kier molecular flexibility index (Phi) is 5.77. The zero-order valence-electron chi connectivity index (χ0n) is 18.1. The van der Waals surface area contributed by atoms with E-state index in [1.165, 1.54) is 25.7 Å². The minimum atomic E-state index is -0.565. The molecule has 0 saturated heterocycles. The van der Waals surface area contributed by atoms with Gasteiger partial charge in [0.2, 0.25) is 11.6 Å². The molecule has 0 spiro atoms. The Balaban J connectivity index is 1.37. The number of hydrogen-bond acceptors (Lipinski definition) is 3. The Morgan fingerprint density at radius 2 is 1.23 bits per heavy atom. The van der Waals surface area contributed by atoms with Gasteiger partial charge < -0.3 is 13.9 Å². The van der Waals surface area contributed by atoms with Crippen LogP contribution in [0.3, 0.4) is 0 Å². The summed E-state index contributed by atoms with van der Waals surface area (Å²) >= 11 is 0. The van der Waals surface area contributed by atoms with Crippen LogP contribution in [0, 0.1) is 29.4 Å². The van der Waals surface area contributed by atoms with Gasteiger partial charge in [-0.25, -0.2) is 0 Å². The normalized spacial score (nSPS) is 22.4. The maximum absolute atomic E-state index is 15.1. The molecule has 2 aromatic carbocycles. The maximum atomic E-state index is 15.1. The molecule has 3 nitrogen and oxygen atoms in total. The van der Waals surface area contributed by atoms with E-state index in [-0.39, 0.29) is 22.7 Å². The molecule has 0 N–H and O–H groups in total. The Bertz CT molecular complexity index is 1060. The summed E-state index contributed by atoms with van der Waals surface area (Å²) in [5, 5.41) is 1.10. The molecule has 0 radical (unpaired) electrons. The van der Waals surface area contributed by atoms with E-state index in [0.29, 0.717) is 35.8 Å². The lowest BCUT2D eigenvalue weighted by atomic mass is 9.83. The SMILES string of the molecule is CC1CCC(COc2ccc3c(oc4c(F)c(OCC5CCCC5)ccc43)c2F)CC1. The zero-order valence-corrected chi connectivity index (χ0v) is 18.1. The molecule has 0 atom stereocenters. The van der Waals surface area contributed by atoms with E-state index in [4.69, 9.17) is 13.9 Å². The van der Waals surface area contributed by atoms with Gasteiger partial charge in [0.1, 0.15) is 0 Å². The summed E-state index contributed by atoms with van der Waals surface area (Å²) in [6.45, 7) is 3.29. The quantitative estimate of drug-likeness (QED) is 0.404. The van der Waals surface area contributed by atoms with Crippen LogP contribution in [0.25, 0.3) is 21.9 Å². The molecular weight excluding hydrogens is 398 g/mol. The predicted octanol–water partition coefficient (Wildman–Crippen LogP) is 7.64. The highest BCUT2D eigenvalue weighted by Crippen LogP contribution is 2.38. The van der Waals surface area contributed by atoms with Crippen LogP contribution in [0.15, 0.2) is 28.7 Å². The summed E-state index contributed by atoms with van der Waals surface area (Å²) in [4.78, 5) is 0. The Morgan fingerprint density at radius 3 is 1.74 bits per heavy atom. The molecule has 1 aromatic heterocycles. The molecule has 2 saturated carbocycles. The first-order valence-corrected chi connectivity index (χ1v) is 11.7. The lowest BCUT2D eigenvalue weighted by molar-refractivity contribution is 0.183. The van der Waals surface area contributed by atoms with E-state index >= 15 is 8.78 Å². The van der Waals surface area contributed by atoms with Crippen molar-refractivity contribution >= 4 is 21.9 Å². The lowest BCUT2D eigenvalue weighted by Gasteiger charge is -2.26. The second-order valence-electron chi connectivity index (χ2n) is 9.51. The van der Waals surface area contributed by atoms with E-state index in [2.05, 4.69) is 6.92 Å². The van der Waals surface area contributed by atoms with Gasteiger partial charge >= 0.3 is 0 Å². The first kappa shape index (κ1) is 20.6. The summed E-state index contributed by atoms with van der Waals surface area (Å²) in [6.07, 6.45) is 9.30. The Hall–Kier alpha value is -2.30. The number of hydrogen-bond donors (Lipinski definition) is 0. The number of halogens is 2. The summed E-state index contributed by atoms with van der Waals surface area (Å²) < 4.78 is 47.4. The van der Waals surface area contributed by atoms with Gasteiger partial charge in [-0.1, -0.05) is 32.6 Å². The molecule has 31 heavy (non-hydrogen) atoms. The number of furan rings is 1. The van der Waals surface area contributed by atoms with Gasteiger partial charge in [0, 0.05) is 10.8 Å². The maximum Gasteiger partial charge on any atom is 0.208 e. The summed E-state index contributed by atoms with van der Waals surface area (Å²) in [5.41, 5.74) is 0.0767. The average molecular weight is 429 g/mol. The van der Waals surface area contributed by atoms with Crippen LogP contribution < -0.4 is 9.47 Å². The van der Waals surface area contributed by atoms with E-state index in [0.717, 1.165) is 31.6 Å². The van der Waals surface area contributed by atoms with Gasteiger partial charge in [0.05, 0.1) is 13.2 Å². The van der Waals surface area contributed by atoms with Crippen molar-refractivity contribution in [3.63, 3.8) is 0 Å². The second kappa shape index (κ2) is 8.68. The van der Waals surface area contributed by atoms with Crippen molar-refractivity contribution in [2.75, 3.05) is 13.2 Å². The smallest absolute Gasteiger partial charge is 0.208 e. The fraction of sp³-hybridized carbons (Fsp3) is 0.538. The zero-order chi connectivity index (χ0) is 21.4. The highest BCUT2D eigenvalue weighted by Gasteiger charge is 2.23. The first-order chi connectivity index (χ1) is 15.1. The Morgan fingerprint density at radius 1 is 0.742 bits per heavy atom. The van der Waals surface area contributed by atoms with Crippen LogP contribution in [0.2, 0.25) is 0 Å². The molecule has 5 heteroatoms. The lowest BCUT2D eigenvalue weighted by Crippen LogP contribution is -2.19. The Labute approximate surface area is 181 Å².